The van der Waals surface area contributed by atoms with Crippen LogP contribution >= 0.6 is 22.6 Å². The highest BCUT2D eigenvalue weighted by Gasteiger charge is 2.13. The molecule has 17 heavy (non-hydrogen) atoms. The van der Waals surface area contributed by atoms with Crippen LogP contribution < -0.4 is 5.90 Å². The summed E-state index contributed by atoms with van der Waals surface area (Å²) in [5.41, 5.74) is 3.36. The quantitative estimate of drug-likeness (QED) is 0.685. The number of hydrogen-bond acceptors (Lipinski definition) is 2. The fourth-order valence-electron chi connectivity index (χ4n) is 1.73. The van der Waals surface area contributed by atoms with E-state index in [0.717, 1.165) is 11.1 Å². The SMILES string of the molecule is Cc1ccc(C(ON)c2ccc(I)cc2)cc1. The molecule has 2 aromatic rings. The zero-order chi connectivity index (χ0) is 12.3. The predicted molar refractivity (Wildman–Crippen MR) is 77.5 cm³/mol. The first-order valence-electron chi connectivity index (χ1n) is 5.38. The molecule has 2 nitrogen and oxygen atoms in total. The Morgan fingerprint density at radius 3 is 1.88 bits per heavy atom. The van der Waals surface area contributed by atoms with Gasteiger partial charge in [0.1, 0.15) is 6.10 Å². The molecule has 0 radical (unpaired) electrons. The van der Waals surface area contributed by atoms with Gasteiger partial charge in [-0.25, -0.2) is 5.90 Å². The van der Waals surface area contributed by atoms with Crippen molar-refractivity contribution in [1.29, 1.82) is 0 Å². The Labute approximate surface area is 115 Å². The lowest BCUT2D eigenvalue weighted by Crippen LogP contribution is -2.10. The van der Waals surface area contributed by atoms with Crippen LogP contribution in [0.15, 0.2) is 48.5 Å². The van der Waals surface area contributed by atoms with Crippen LogP contribution in [0.25, 0.3) is 0 Å². The highest BCUT2D eigenvalue weighted by molar-refractivity contribution is 14.1. The van der Waals surface area contributed by atoms with E-state index in [-0.39, 0.29) is 6.10 Å². The van der Waals surface area contributed by atoms with Crippen LogP contribution in [-0.4, -0.2) is 0 Å². The first kappa shape index (κ1) is 12.5. The van der Waals surface area contributed by atoms with Crippen molar-refractivity contribution in [1.82, 2.24) is 0 Å². The predicted octanol–water partition coefficient (Wildman–Crippen LogP) is 3.58. The van der Waals surface area contributed by atoms with Crippen molar-refractivity contribution >= 4 is 22.6 Å². The van der Waals surface area contributed by atoms with Gasteiger partial charge >= 0.3 is 0 Å². The number of rotatable bonds is 3. The largest absolute Gasteiger partial charge is 0.292 e. The second-order valence-corrected chi connectivity index (χ2v) is 5.22. The summed E-state index contributed by atoms with van der Waals surface area (Å²) in [7, 11) is 0. The third-order valence-corrected chi connectivity index (χ3v) is 3.41. The number of benzene rings is 2. The molecular weight excluding hydrogens is 325 g/mol. The highest BCUT2D eigenvalue weighted by atomic mass is 127. The maximum atomic E-state index is 5.41. The summed E-state index contributed by atoms with van der Waals surface area (Å²) in [6, 6.07) is 16.4. The molecule has 0 amide bonds. The molecule has 1 unspecified atom stereocenters. The lowest BCUT2D eigenvalue weighted by Gasteiger charge is -2.15. The van der Waals surface area contributed by atoms with Crippen molar-refractivity contribution in [2.75, 3.05) is 0 Å². The Hall–Kier alpha value is -0.910. The van der Waals surface area contributed by atoms with E-state index in [2.05, 4.69) is 53.8 Å². The number of hydrogen-bond donors (Lipinski definition) is 1. The Morgan fingerprint density at radius 1 is 0.941 bits per heavy atom. The number of nitrogens with two attached hydrogens (primary N) is 1. The van der Waals surface area contributed by atoms with Gasteiger partial charge in [-0.2, -0.15) is 0 Å². The lowest BCUT2D eigenvalue weighted by molar-refractivity contribution is 0.0813. The topological polar surface area (TPSA) is 35.2 Å². The van der Waals surface area contributed by atoms with Crippen LogP contribution in [0.5, 0.6) is 0 Å². The second kappa shape index (κ2) is 5.62. The van der Waals surface area contributed by atoms with Gasteiger partial charge in [0.05, 0.1) is 0 Å². The van der Waals surface area contributed by atoms with Gasteiger partial charge in [0.25, 0.3) is 0 Å². The molecule has 2 N–H and O–H groups in total. The van der Waals surface area contributed by atoms with Gasteiger partial charge in [-0.1, -0.05) is 42.0 Å². The molecule has 0 bridgehead atoms. The van der Waals surface area contributed by atoms with Gasteiger partial charge < -0.3 is 0 Å². The summed E-state index contributed by atoms with van der Waals surface area (Å²) in [4.78, 5) is 5.10. The minimum atomic E-state index is -0.201. The third-order valence-electron chi connectivity index (χ3n) is 2.69. The van der Waals surface area contributed by atoms with E-state index < -0.39 is 0 Å². The molecule has 0 aliphatic carbocycles. The molecule has 1 atom stereocenters. The third kappa shape index (κ3) is 3.06. The molecule has 0 aliphatic rings. The summed E-state index contributed by atoms with van der Waals surface area (Å²) in [6.07, 6.45) is -0.201. The fourth-order valence-corrected chi connectivity index (χ4v) is 2.09. The van der Waals surface area contributed by atoms with E-state index in [9.17, 15) is 0 Å². The highest BCUT2D eigenvalue weighted by Crippen LogP contribution is 2.25. The molecule has 0 spiro atoms. The van der Waals surface area contributed by atoms with Gasteiger partial charge in [-0.15, -0.1) is 0 Å². The van der Waals surface area contributed by atoms with Crippen LogP contribution in [0.4, 0.5) is 0 Å². The molecular formula is C14H14INO. The molecule has 2 rings (SSSR count). The van der Waals surface area contributed by atoms with Crippen molar-refractivity contribution in [2.45, 2.75) is 13.0 Å². The van der Waals surface area contributed by atoms with E-state index in [4.69, 9.17) is 10.7 Å². The standard InChI is InChI=1S/C14H14INO/c1-10-2-4-11(5-3-10)14(17-16)12-6-8-13(15)9-7-12/h2-9,14H,16H2,1H3. The number of aryl methyl sites for hydroxylation is 1. The molecule has 0 aliphatic heterocycles. The average molecular weight is 339 g/mol. The van der Waals surface area contributed by atoms with E-state index in [0.29, 0.717) is 0 Å². The van der Waals surface area contributed by atoms with Crippen LogP contribution in [0.3, 0.4) is 0 Å². The minimum absolute atomic E-state index is 0.201. The van der Waals surface area contributed by atoms with E-state index in [1.807, 2.05) is 24.3 Å². The zero-order valence-corrected chi connectivity index (χ0v) is 11.7. The van der Waals surface area contributed by atoms with Gasteiger partial charge in [0, 0.05) is 3.57 Å². The zero-order valence-electron chi connectivity index (χ0n) is 9.56. The molecule has 0 heterocycles. The molecule has 0 fully saturated rings. The Balaban J connectivity index is 2.33. The van der Waals surface area contributed by atoms with Gasteiger partial charge in [0.15, 0.2) is 0 Å². The monoisotopic (exact) mass is 339 g/mol. The molecule has 0 saturated heterocycles. The summed E-state index contributed by atoms with van der Waals surface area (Å²) in [5.74, 6) is 5.41. The molecule has 88 valence electrons. The van der Waals surface area contributed by atoms with Crippen LogP contribution in [0.1, 0.15) is 22.8 Å². The maximum absolute atomic E-state index is 5.41. The Morgan fingerprint density at radius 2 is 1.41 bits per heavy atom. The average Bonchev–Trinajstić information content (AvgIpc) is 2.35. The van der Waals surface area contributed by atoms with Gasteiger partial charge in [-0.05, 0) is 52.8 Å². The molecule has 0 aromatic heterocycles. The smallest absolute Gasteiger partial charge is 0.129 e. The second-order valence-electron chi connectivity index (χ2n) is 3.98. The number of halogens is 1. The van der Waals surface area contributed by atoms with E-state index in [1.165, 1.54) is 9.13 Å². The van der Waals surface area contributed by atoms with Crippen molar-refractivity contribution in [3.8, 4) is 0 Å². The van der Waals surface area contributed by atoms with Crippen molar-refractivity contribution in [3.05, 3.63) is 68.8 Å². The molecule has 2 aromatic carbocycles. The van der Waals surface area contributed by atoms with Gasteiger partial charge in [0.2, 0.25) is 0 Å². The fraction of sp³-hybridized carbons (Fsp3) is 0.143. The molecule has 3 heteroatoms. The normalized spacial score (nSPS) is 12.4. The van der Waals surface area contributed by atoms with Crippen molar-refractivity contribution < 1.29 is 4.84 Å². The van der Waals surface area contributed by atoms with Crippen LogP contribution in [0, 0.1) is 10.5 Å². The van der Waals surface area contributed by atoms with Gasteiger partial charge in [-0.3, -0.25) is 4.84 Å². The first-order chi connectivity index (χ1) is 8.20. The Kier molecular flexibility index (Phi) is 4.15. The molecule has 0 saturated carbocycles. The first-order valence-corrected chi connectivity index (χ1v) is 6.46. The maximum Gasteiger partial charge on any atom is 0.129 e. The summed E-state index contributed by atoms with van der Waals surface area (Å²) in [6.45, 7) is 2.06. The van der Waals surface area contributed by atoms with Crippen molar-refractivity contribution in [3.63, 3.8) is 0 Å². The van der Waals surface area contributed by atoms with Crippen LogP contribution in [-0.2, 0) is 4.84 Å². The van der Waals surface area contributed by atoms with E-state index >= 15 is 0 Å². The van der Waals surface area contributed by atoms with Crippen molar-refractivity contribution in [2.24, 2.45) is 5.90 Å². The van der Waals surface area contributed by atoms with E-state index in [1.54, 1.807) is 0 Å². The van der Waals surface area contributed by atoms with Crippen LogP contribution in [0.2, 0.25) is 0 Å². The summed E-state index contributed by atoms with van der Waals surface area (Å²) >= 11 is 2.28. The Bertz CT molecular complexity index is 433. The summed E-state index contributed by atoms with van der Waals surface area (Å²) < 4.78 is 1.20. The lowest BCUT2D eigenvalue weighted by atomic mass is 10.0. The summed E-state index contributed by atoms with van der Waals surface area (Å²) in [5, 5.41) is 0. The minimum Gasteiger partial charge on any atom is -0.292 e.